The second-order valence-corrected chi connectivity index (χ2v) is 7.03. The number of nitrogens with one attached hydrogen (secondary N) is 2. The molecule has 2 amide bonds. The molecule has 2 aromatic heterocycles. The lowest BCUT2D eigenvalue weighted by molar-refractivity contribution is 0.102. The van der Waals surface area contributed by atoms with E-state index >= 15 is 0 Å². The van der Waals surface area contributed by atoms with Crippen molar-refractivity contribution in [1.29, 1.82) is 0 Å². The normalized spacial score (nSPS) is 19.1. The third-order valence-electron chi connectivity index (χ3n) is 4.26. The lowest BCUT2D eigenvalue weighted by Gasteiger charge is -2.34. The molecular weight excluding hydrogens is 435 g/mol. The van der Waals surface area contributed by atoms with E-state index in [1.165, 1.54) is 24.5 Å². The van der Waals surface area contributed by atoms with E-state index in [1.54, 1.807) is 6.07 Å². The standard InChI is InChI=1S/C17H18BrFN6O3/c18-14-2-1-11(20)15(24-14)16(26)23-12-8-21-4-3-13(12)25(17(27)28)10-5-9(19)6-22-7-10/h1-4,8-10,22H,5-7,20H2,(H,23,26)(H,27,28)/t9-,10+/m1/s1. The van der Waals surface area contributed by atoms with Gasteiger partial charge in [-0.05, 0) is 34.1 Å². The summed E-state index contributed by atoms with van der Waals surface area (Å²) < 4.78 is 14.2. The molecule has 0 bridgehead atoms. The Morgan fingerprint density at radius 2 is 2.14 bits per heavy atom. The third kappa shape index (κ3) is 4.37. The molecule has 148 valence electrons. The van der Waals surface area contributed by atoms with E-state index in [1.807, 2.05) is 0 Å². The second-order valence-electron chi connectivity index (χ2n) is 6.22. The Labute approximate surface area is 168 Å². The van der Waals surface area contributed by atoms with Crippen molar-refractivity contribution in [1.82, 2.24) is 15.3 Å². The number of anilines is 3. The van der Waals surface area contributed by atoms with Crippen molar-refractivity contribution in [3.05, 3.63) is 40.9 Å². The molecule has 0 radical (unpaired) electrons. The Morgan fingerprint density at radius 3 is 2.86 bits per heavy atom. The van der Waals surface area contributed by atoms with Crippen molar-refractivity contribution >= 4 is 45.0 Å². The van der Waals surface area contributed by atoms with Crippen LogP contribution in [0.1, 0.15) is 16.9 Å². The minimum Gasteiger partial charge on any atom is -0.465 e. The highest BCUT2D eigenvalue weighted by atomic mass is 79.9. The van der Waals surface area contributed by atoms with Crippen LogP contribution < -0.4 is 21.3 Å². The summed E-state index contributed by atoms with van der Waals surface area (Å²) in [4.78, 5) is 33.6. The van der Waals surface area contributed by atoms with Gasteiger partial charge in [0.1, 0.15) is 10.8 Å². The first-order valence-corrected chi connectivity index (χ1v) is 9.20. The first-order chi connectivity index (χ1) is 13.4. The molecule has 0 saturated carbocycles. The number of carbonyl (C=O) groups is 2. The highest BCUT2D eigenvalue weighted by Gasteiger charge is 2.32. The fourth-order valence-electron chi connectivity index (χ4n) is 3.02. The van der Waals surface area contributed by atoms with Crippen molar-refractivity contribution in [2.24, 2.45) is 0 Å². The lowest BCUT2D eigenvalue weighted by Crippen LogP contribution is -2.52. The summed E-state index contributed by atoms with van der Waals surface area (Å²) in [5.74, 6) is -0.622. The van der Waals surface area contributed by atoms with Gasteiger partial charge >= 0.3 is 6.09 Å². The molecule has 9 nitrogen and oxygen atoms in total. The molecule has 3 rings (SSSR count). The molecule has 2 atom stereocenters. The summed E-state index contributed by atoms with van der Waals surface area (Å²) in [6.07, 6.45) is 0.347. The van der Waals surface area contributed by atoms with Crippen LogP contribution >= 0.6 is 15.9 Å². The topological polar surface area (TPSA) is 133 Å². The molecule has 5 N–H and O–H groups in total. The van der Waals surface area contributed by atoms with Crippen molar-refractivity contribution in [2.75, 3.05) is 29.0 Å². The zero-order chi connectivity index (χ0) is 20.3. The van der Waals surface area contributed by atoms with E-state index in [9.17, 15) is 19.1 Å². The highest BCUT2D eigenvalue weighted by molar-refractivity contribution is 9.10. The van der Waals surface area contributed by atoms with Crippen LogP contribution in [-0.4, -0.2) is 52.4 Å². The number of carbonyl (C=O) groups excluding carboxylic acids is 1. The third-order valence-corrected chi connectivity index (χ3v) is 4.70. The summed E-state index contributed by atoms with van der Waals surface area (Å²) >= 11 is 3.18. The quantitative estimate of drug-likeness (QED) is 0.522. The Kier molecular flexibility index (Phi) is 6.05. The minimum atomic E-state index is -1.26. The van der Waals surface area contributed by atoms with Gasteiger partial charge in [0.2, 0.25) is 0 Å². The average Bonchev–Trinajstić information content (AvgIpc) is 2.65. The molecule has 0 unspecified atom stereocenters. The summed E-state index contributed by atoms with van der Waals surface area (Å²) in [7, 11) is 0. The monoisotopic (exact) mass is 452 g/mol. The fraction of sp³-hybridized carbons (Fsp3) is 0.294. The smallest absolute Gasteiger partial charge is 0.412 e. The van der Waals surface area contributed by atoms with Crippen molar-refractivity contribution in [3.63, 3.8) is 0 Å². The number of piperidine rings is 1. The molecule has 11 heteroatoms. The number of nitrogen functional groups attached to an aromatic ring is 1. The molecule has 0 aliphatic carbocycles. The van der Waals surface area contributed by atoms with Gasteiger partial charge in [0, 0.05) is 25.7 Å². The van der Waals surface area contributed by atoms with Crippen LogP contribution in [0.25, 0.3) is 0 Å². The number of hydrogen-bond acceptors (Lipinski definition) is 6. The zero-order valence-corrected chi connectivity index (χ0v) is 16.2. The van der Waals surface area contributed by atoms with Crippen molar-refractivity contribution in [2.45, 2.75) is 18.6 Å². The molecule has 0 aromatic carbocycles. The maximum absolute atomic E-state index is 13.8. The number of nitrogens with zero attached hydrogens (tertiary/aromatic N) is 3. The Bertz CT molecular complexity index is 899. The maximum Gasteiger partial charge on any atom is 0.412 e. The number of hydrogen-bond donors (Lipinski definition) is 4. The number of amides is 2. The molecule has 1 saturated heterocycles. The van der Waals surface area contributed by atoms with E-state index in [4.69, 9.17) is 5.73 Å². The van der Waals surface area contributed by atoms with Crippen LogP contribution in [0.15, 0.2) is 35.2 Å². The average molecular weight is 453 g/mol. The number of alkyl halides is 1. The fourth-order valence-corrected chi connectivity index (χ4v) is 3.33. The van der Waals surface area contributed by atoms with Gasteiger partial charge in [-0.25, -0.2) is 14.2 Å². The Hall–Kier alpha value is -2.79. The summed E-state index contributed by atoms with van der Waals surface area (Å²) in [5, 5.41) is 15.2. The van der Waals surface area contributed by atoms with Crippen LogP contribution in [0, 0.1) is 0 Å². The van der Waals surface area contributed by atoms with Gasteiger partial charge in [-0.2, -0.15) is 0 Å². The number of rotatable bonds is 4. The number of aromatic nitrogens is 2. The van der Waals surface area contributed by atoms with Crippen LogP contribution in [0.4, 0.5) is 26.2 Å². The predicted octanol–water partition coefficient (Wildman–Crippen LogP) is 2.26. The van der Waals surface area contributed by atoms with E-state index in [-0.39, 0.29) is 35.7 Å². The highest BCUT2D eigenvalue weighted by Crippen LogP contribution is 2.29. The second kappa shape index (κ2) is 8.48. The van der Waals surface area contributed by atoms with Gasteiger partial charge in [-0.3, -0.25) is 14.7 Å². The summed E-state index contributed by atoms with van der Waals surface area (Å²) in [6, 6.07) is 3.93. The number of carboxylic acid groups (broad SMARTS) is 1. The molecule has 1 aliphatic heterocycles. The van der Waals surface area contributed by atoms with Gasteiger partial charge in [-0.15, -0.1) is 0 Å². The number of nitrogens with two attached hydrogens (primary N) is 1. The van der Waals surface area contributed by atoms with Gasteiger partial charge < -0.3 is 21.5 Å². The summed E-state index contributed by atoms with van der Waals surface area (Å²) in [6.45, 7) is 0.473. The molecule has 0 spiro atoms. The number of pyridine rings is 2. The van der Waals surface area contributed by atoms with Crippen LogP contribution in [-0.2, 0) is 0 Å². The van der Waals surface area contributed by atoms with Crippen LogP contribution in [0.5, 0.6) is 0 Å². The SMILES string of the molecule is Nc1ccc(Br)nc1C(=O)Nc1cnccc1N(C(=O)O)[C@@H]1CNC[C@H](F)C1. The van der Waals surface area contributed by atoms with Gasteiger partial charge in [0.25, 0.3) is 5.91 Å². The van der Waals surface area contributed by atoms with E-state index in [0.717, 1.165) is 4.90 Å². The van der Waals surface area contributed by atoms with Crippen LogP contribution in [0.2, 0.25) is 0 Å². The molecule has 2 aromatic rings. The number of halogens is 2. The van der Waals surface area contributed by atoms with E-state index in [2.05, 4.69) is 36.5 Å². The van der Waals surface area contributed by atoms with Crippen molar-refractivity contribution in [3.8, 4) is 0 Å². The molecule has 1 aliphatic rings. The maximum atomic E-state index is 13.8. The van der Waals surface area contributed by atoms with Gasteiger partial charge in [-0.1, -0.05) is 0 Å². The largest absolute Gasteiger partial charge is 0.465 e. The molecule has 1 fully saturated rings. The van der Waals surface area contributed by atoms with Crippen molar-refractivity contribution < 1.29 is 19.1 Å². The summed E-state index contributed by atoms with van der Waals surface area (Å²) in [5.41, 5.74) is 6.29. The lowest BCUT2D eigenvalue weighted by atomic mass is 10.0. The molecule has 28 heavy (non-hydrogen) atoms. The predicted molar refractivity (Wildman–Crippen MR) is 105 cm³/mol. The van der Waals surface area contributed by atoms with Gasteiger partial charge in [0.05, 0.1) is 29.3 Å². The van der Waals surface area contributed by atoms with E-state index in [0.29, 0.717) is 11.1 Å². The minimum absolute atomic E-state index is 0.0193. The molecule has 3 heterocycles. The van der Waals surface area contributed by atoms with Crippen LogP contribution in [0.3, 0.4) is 0 Å². The first kappa shape index (κ1) is 20.0. The first-order valence-electron chi connectivity index (χ1n) is 8.41. The van der Waals surface area contributed by atoms with Gasteiger partial charge in [0.15, 0.2) is 5.69 Å². The molecular formula is C17H18BrFN6O3. The zero-order valence-electron chi connectivity index (χ0n) is 14.6. The Morgan fingerprint density at radius 1 is 1.36 bits per heavy atom. The van der Waals surface area contributed by atoms with E-state index < -0.39 is 24.2 Å². The Balaban J connectivity index is 1.92.